The molecule has 326 valence electrons. The quantitative estimate of drug-likeness (QED) is 0.0217. The monoisotopic (exact) mass is 929 g/mol. The highest BCUT2D eigenvalue weighted by Crippen LogP contribution is 2.13. The van der Waals surface area contributed by atoms with E-state index in [2.05, 4.69) is 59.5 Å². The van der Waals surface area contributed by atoms with Crippen LogP contribution in [0.5, 0.6) is 0 Å². The standard InChI is InChI=1S/C38H64IN11O8/c1-7-21(5)30(32(41)53)49-36(57)28(17-23-11-13-24(39)14-12-23)48-34(55)26(10-9-15-44-38(42)43)46-29(52)18-45-37(58)31(22(6)8-2)50-35(56)27(16-20(3)4)47-33(54)25(40)19-51/h11-14,20-22,25-28,30-31,51H,7-10,15-19,40H2,1-6H3,(H2,41,53)(H,45,58)(H,46,52)(H,47,54)(H,48,55)(H,49,57)(H,50,56)(H4,42,43,44)/t21-,22-,25-,26-,27-,28-,30-,31-/m0/s1. The average molecular weight is 930 g/mol. The van der Waals surface area contributed by atoms with E-state index in [9.17, 15) is 38.7 Å². The number of guanidine groups is 1. The summed E-state index contributed by atoms with van der Waals surface area (Å²) in [5.74, 6) is -5.82. The number of hydrogen-bond donors (Lipinski definition) is 11. The lowest BCUT2D eigenvalue weighted by atomic mass is 9.96. The Labute approximate surface area is 354 Å². The van der Waals surface area contributed by atoms with Crippen LogP contribution in [0, 0.1) is 21.3 Å². The summed E-state index contributed by atoms with van der Waals surface area (Å²) in [5.41, 5.74) is 22.9. The van der Waals surface area contributed by atoms with Gasteiger partial charge in [0.25, 0.3) is 0 Å². The molecule has 7 amide bonds. The molecule has 0 bridgehead atoms. The molecule has 0 aromatic heterocycles. The molecule has 8 atom stereocenters. The van der Waals surface area contributed by atoms with Crippen molar-refractivity contribution < 1.29 is 38.7 Å². The number of aliphatic imine (C=N–C) groups is 1. The van der Waals surface area contributed by atoms with Crippen LogP contribution in [-0.4, -0.2) is 108 Å². The zero-order chi connectivity index (χ0) is 44.1. The van der Waals surface area contributed by atoms with Gasteiger partial charge in [0, 0.05) is 16.5 Å². The number of amides is 7. The lowest BCUT2D eigenvalue weighted by molar-refractivity contribution is -0.135. The number of aliphatic hydroxyl groups excluding tert-OH is 1. The minimum absolute atomic E-state index is 0.0330. The van der Waals surface area contributed by atoms with Crippen molar-refractivity contribution >= 4 is 69.9 Å². The lowest BCUT2D eigenvalue weighted by Crippen LogP contribution is -2.59. The van der Waals surface area contributed by atoms with Crippen molar-refractivity contribution in [3.05, 3.63) is 33.4 Å². The first kappa shape index (κ1) is 51.4. The minimum Gasteiger partial charge on any atom is -0.394 e. The molecule has 58 heavy (non-hydrogen) atoms. The number of nitrogens with zero attached hydrogens (tertiary/aromatic N) is 1. The zero-order valence-corrected chi connectivity index (χ0v) is 36.5. The van der Waals surface area contributed by atoms with E-state index in [4.69, 9.17) is 22.9 Å². The number of primary amides is 1. The highest BCUT2D eigenvalue weighted by Gasteiger charge is 2.33. The smallest absolute Gasteiger partial charge is 0.243 e. The van der Waals surface area contributed by atoms with Gasteiger partial charge in [-0.1, -0.05) is 66.5 Å². The third-order valence-electron chi connectivity index (χ3n) is 9.49. The van der Waals surface area contributed by atoms with Gasteiger partial charge in [0.05, 0.1) is 13.2 Å². The Kier molecular flexibility index (Phi) is 23.4. The number of carbonyl (C=O) groups excluding carboxylic acids is 7. The number of halogens is 1. The highest BCUT2D eigenvalue weighted by molar-refractivity contribution is 14.1. The summed E-state index contributed by atoms with van der Waals surface area (Å²) < 4.78 is 0.953. The molecule has 0 aliphatic carbocycles. The van der Waals surface area contributed by atoms with Crippen LogP contribution in [0.2, 0.25) is 0 Å². The van der Waals surface area contributed by atoms with E-state index >= 15 is 0 Å². The van der Waals surface area contributed by atoms with E-state index in [1.807, 2.05) is 39.8 Å². The SMILES string of the molecule is CC[C@H](C)[C@H](NC(=O)[C@H](Cc1ccc(I)cc1)NC(=O)[C@H](CCCN=C(N)N)NC(=O)CNC(=O)[C@@H](NC(=O)[C@H](CC(C)C)NC(=O)[C@@H](N)CO)[C@@H](C)CC)C(N)=O. The molecule has 1 aromatic rings. The Balaban J connectivity index is 3.27. The molecule has 0 fully saturated rings. The van der Waals surface area contributed by atoms with Crippen molar-refractivity contribution in [3.63, 3.8) is 0 Å². The molecule has 19 nitrogen and oxygen atoms in total. The Bertz CT molecular complexity index is 1560. The van der Waals surface area contributed by atoms with E-state index in [0.717, 1.165) is 3.57 Å². The van der Waals surface area contributed by atoms with Crippen molar-refractivity contribution in [3.8, 4) is 0 Å². The second kappa shape index (κ2) is 26.4. The van der Waals surface area contributed by atoms with E-state index in [-0.39, 0.29) is 50.0 Å². The van der Waals surface area contributed by atoms with Gasteiger partial charge in [0.15, 0.2) is 5.96 Å². The maximum absolute atomic E-state index is 13.9. The summed E-state index contributed by atoms with van der Waals surface area (Å²) in [5, 5.41) is 25.0. The molecular formula is C38H64IN11O8. The number of rotatable bonds is 26. The molecule has 0 aliphatic heterocycles. The van der Waals surface area contributed by atoms with Crippen LogP contribution in [0.4, 0.5) is 0 Å². The van der Waals surface area contributed by atoms with E-state index in [1.165, 1.54) is 0 Å². The molecule has 20 heteroatoms. The number of carbonyl (C=O) groups is 7. The number of aliphatic hydroxyl groups is 1. The number of nitrogens with two attached hydrogens (primary N) is 4. The first-order chi connectivity index (χ1) is 27.2. The molecule has 15 N–H and O–H groups in total. The topological polar surface area (TPSA) is 328 Å². The van der Waals surface area contributed by atoms with Crippen molar-refractivity contribution in [2.75, 3.05) is 19.7 Å². The van der Waals surface area contributed by atoms with Gasteiger partial charge >= 0.3 is 0 Å². The first-order valence-corrected chi connectivity index (χ1v) is 20.6. The Morgan fingerprint density at radius 3 is 1.79 bits per heavy atom. The van der Waals surface area contributed by atoms with Gasteiger partial charge in [-0.3, -0.25) is 38.6 Å². The van der Waals surface area contributed by atoms with Gasteiger partial charge in [0.1, 0.15) is 36.3 Å². The van der Waals surface area contributed by atoms with Crippen molar-refractivity contribution in [1.82, 2.24) is 31.9 Å². The van der Waals surface area contributed by atoms with Crippen LogP contribution >= 0.6 is 22.6 Å². The highest BCUT2D eigenvalue weighted by atomic mass is 127. The molecule has 1 rings (SSSR count). The van der Waals surface area contributed by atoms with Gasteiger partial charge in [-0.05, 0) is 77.3 Å². The Hall–Kier alpha value is -4.57. The fraction of sp³-hybridized carbons (Fsp3) is 0.632. The van der Waals surface area contributed by atoms with E-state index in [0.29, 0.717) is 18.4 Å². The maximum Gasteiger partial charge on any atom is 0.243 e. The van der Waals surface area contributed by atoms with Gasteiger partial charge in [0.2, 0.25) is 41.4 Å². The van der Waals surface area contributed by atoms with Crippen molar-refractivity contribution in [2.45, 2.75) is 116 Å². The molecule has 0 radical (unpaired) electrons. The van der Waals surface area contributed by atoms with Crippen LogP contribution in [-0.2, 0) is 40.0 Å². The van der Waals surface area contributed by atoms with Gasteiger partial charge < -0.3 is 59.9 Å². The normalized spacial score (nSPS) is 15.2. The fourth-order valence-corrected chi connectivity index (χ4v) is 6.00. The van der Waals surface area contributed by atoms with Crippen molar-refractivity contribution in [1.29, 1.82) is 0 Å². The molecule has 0 unspecified atom stereocenters. The molecule has 0 saturated carbocycles. The summed E-state index contributed by atoms with van der Waals surface area (Å²) in [6.07, 6.45) is 1.55. The molecular weight excluding hydrogens is 865 g/mol. The Morgan fingerprint density at radius 1 is 0.724 bits per heavy atom. The minimum atomic E-state index is -1.24. The molecule has 0 aliphatic rings. The summed E-state index contributed by atoms with van der Waals surface area (Å²) in [4.78, 5) is 96.4. The summed E-state index contributed by atoms with van der Waals surface area (Å²) >= 11 is 2.14. The van der Waals surface area contributed by atoms with Crippen LogP contribution in [0.25, 0.3) is 0 Å². The number of nitrogens with one attached hydrogen (secondary N) is 6. The number of hydrogen-bond acceptors (Lipinski definition) is 10. The molecule has 0 saturated heterocycles. The van der Waals surface area contributed by atoms with Crippen LogP contribution in [0.3, 0.4) is 0 Å². The average Bonchev–Trinajstić information content (AvgIpc) is 3.17. The van der Waals surface area contributed by atoms with Gasteiger partial charge in [-0.15, -0.1) is 0 Å². The largest absolute Gasteiger partial charge is 0.394 e. The second-order valence-electron chi connectivity index (χ2n) is 14.8. The van der Waals surface area contributed by atoms with Crippen LogP contribution in [0.15, 0.2) is 29.3 Å². The lowest BCUT2D eigenvalue weighted by Gasteiger charge is -2.28. The predicted octanol–water partition coefficient (Wildman–Crippen LogP) is -1.63. The van der Waals surface area contributed by atoms with Gasteiger partial charge in [-0.2, -0.15) is 0 Å². The second-order valence-corrected chi connectivity index (χ2v) is 16.0. The third-order valence-corrected chi connectivity index (χ3v) is 10.2. The third kappa shape index (κ3) is 18.8. The van der Waals surface area contributed by atoms with Crippen LogP contribution < -0.4 is 54.8 Å². The maximum atomic E-state index is 13.9. The Morgan fingerprint density at radius 2 is 1.26 bits per heavy atom. The molecule has 1 aromatic carbocycles. The van der Waals surface area contributed by atoms with E-state index in [1.54, 1.807) is 26.0 Å². The van der Waals surface area contributed by atoms with E-state index < -0.39 is 96.7 Å². The fourth-order valence-electron chi connectivity index (χ4n) is 5.64. The van der Waals surface area contributed by atoms with Gasteiger partial charge in [-0.25, -0.2) is 0 Å². The molecule has 0 spiro atoms. The summed E-state index contributed by atoms with van der Waals surface area (Å²) in [6.45, 7) is 9.76. The summed E-state index contributed by atoms with van der Waals surface area (Å²) in [6, 6.07) is 0.471. The molecule has 0 heterocycles. The van der Waals surface area contributed by atoms with Crippen LogP contribution in [0.1, 0.15) is 79.2 Å². The van der Waals surface area contributed by atoms with Crippen molar-refractivity contribution in [2.24, 2.45) is 45.7 Å². The zero-order valence-electron chi connectivity index (χ0n) is 34.3. The predicted molar refractivity (Wildman–Crippen MR) is 228 cm³/mol. The summed E-state index contributed by atoms with van der Waals surface area (Å²) in [7, 11) is 0. The first-order valence-electron chi connectivity index (χ1n) is 19.5. The number of benzene rings is 1.